The molecule has 0 radical (unpaired) electrons. The van der Waals surface area contributed by atoms with Gasteiger partial charge in [-0.25, -0.2) is 0 Å². The van der Waals surface area contributed by atoms with Crippen molar-refractivity contribution in [2.45, 2.75) is 17.2 Å². The third kappa shape index (κ3) is 4.63. The summed E-state index contributed by atoms with van der Waals surface area (Å²) in [4.78, 5) is 22.8. The summed E-state index contributed by atoms with van der Waals surface area (Å²) in [7, 11) is 0. The summed E-state index contributed by atoms with van der Waals surface area (Å²) < 4.78 is 2.69. The van der Waals surface area contributed by atoms with Gasteiger partial charge in [0.05, 0.1) is 11.8 Å². The average Bonchev–Trinajstić information content (AvgIpc) is 3.29. The Balaban J connectivity index is 1.40. The lowest BCUT2D eigenvalue weighted by molar-refractivity contribution is 0.800. The van der Waals surface area contributed by atoms with Crippen LogP contribution < -0.4 is 5.56 Å². The van der Waals surface area contributed by atoms with Crippen molar-refractivity contribution >= 4 is 44.9 Å². The fourth-order valence-corrected chi connectivity index (χ4v) is 5.45. The predicted octanol–water partition coefficient (Wildman–Crippen LogP) is 6.51. The molecule has 3 aromatic heterocycles. The number of hydrogen-bond acceptors (Lipinski definition) is 5. The van der Waals surface area contributed by atoms with Crippen LogP contribution in [0.3, 0.4) is 0 Å². The molecule has 0 bridgehead atoms. The zero-order valence-electron chi connectivity index (χ0n) is 16.9. The van der Waals surface area contributed by atoms with Crippen LogP contribution in [0.15, 0.2) is 95.1 Å². The smallest absolute Gasteiger partial charge is 0.290 e. The van der Waals surface area contributed by atoms with Crippen LogP contribution in [-0.2, 0) is 12.3 Å². The van der Waals surface area contributed by atoms with E-state index < -0.39 is 0 Å². The third-order valence-electron chi connectivity index (χ3n) is 5.09. The van der Waals surface area contributed by atoms with E-state index in [0.29, 0.717) is 16.3 Å². The van der Waals surface area contributed by atoms with E-state index in [4.69, 9.17) is 11.6 Å². The fraction of sp³-hybridized carbons (Fsp3) is 0.0800. The zero-order valence-corrected chi connectivity index (χ0v) is 19.3. The van der Waals surface area contributed by atoms with E-state index in [9.17, 15) is 4.79 Å². The Morgan fingerprint density at radius 2 is 1.69 bits per heavy atom. The van der Waals surface area contributed by atoms with Gasteiger partial charge in [0.15, 0.2) is 0 Å². The first-order valence-corrected chi connectivity index (χ1v) is 12.2. The molecular formula is C25H18ClN3OS2. The minimum absolute atomic E-state index is 0.187. The van der Waals surface area contributed by atoms with Gasteiger partial charge < -0.3 is 4.57 Å². The molecule has 0 atom stereocenters. The van der Waals surface area contributed by atoms with Crippen LogP contribution in [0.2, 0.25) is 5.02 Å². The molecule has 32 heavy (non-hydrogen) atoms. The molecule has 0 saturated heterocycles. The molecule has 3 heterocycles. The number of pyridine rings is 1. The van der Waals surface area contributed by atoms with Gasteiger partial charge in [-0.15, -0.1) is 23.1 Å². The van der Waals surface area contributed by atoms with E-state index in [1.54, 1.807) is 18.1 Å². The van der Waals surface area contributed by atoms with Crippen LogP contribution >= 0.6 is 34.7 Å². The first kappa shape index (κ1) is 20.9. The van der Waals surface area contributed by atoms with Gasteiger partial charge in [0.25, 0.3) is 5.56 Å². The molecule has 0 aliphatic rings. The van der Waals surface area contributed by atoms with Crippen LogP contribution in [0.1, 0.15) is 11.1 Å². The highest BCUT2D eigenvalue weighted by atomic mass is 35.5. The van der Waals surface area contributed by atoms with Crippen LogP contribution in [0.25, 0.3) is 20.7 Å². The van der Waals surface area contributed by atoms with Gasteiger partial charge in [-0.05, 0) is 59.2 Å². The number of halogens is 1. The summed E-state index contributed by atoms with van der Waals surface area (Å²) in [5.74, 6) is 0.903. The lowest BCUT2D eigenvalue weighted by Gasteiger charge is -2.07. The van der Waals surface area contributed by atoms with E-state index in [1.165, 1.54) is 21.8 Å². The first-order chi connectivity index (χ1) is 15.7. The molecule has 0 amide bonds. The molecule has 5 rings (SSSR count). The maximum Gasteiger partial charge on any atom is 0.290 e. The number of thioether (sulfide) groups is 1. The molecule has 4 nitrogen and oxygen atoms in total. The second kappa shape index (κ2) is 9.28. The molecule has 158 valence electrons. The van der Waals surface area contributed by atoms with Gasteiger partial charge >= 0.3 is 0 Å². The van der Waals surface area contributed by atoms with Crippen molar-refractivity contribution in [3.8, 4) is 10.4 Å². The van der Waals surface area contributed by atoms with Crippen LogP contribution in [0.4, 0.5) is 0 Å². The summed E-state index contributed by atoms with van der Waals surface area (Å²) in [5.41, 5.74) is 4.16. The molecule has 0 aliphatic carbocycles. The predicted molar refractivity (Wildman–Crippen MR) is 134 cm³/mol. The Labute approximate surface area is 198 Å². The lowest BCUT2D eigenvalue weighted by atomic mass is 10.2. The molecule has 7 heteroatoms. The maximum atomic E-state index is 12.4. The van der Waals surface area contributed by atoms with Crippen molar-refractivity contribution in [2.75, 3.05) is 0 Å². The summed E-state index contributed by atoms with van der Waals surface area (Å²) in [5, 5.41) is 0.706. The van der Waals surface area contributed by atoms with E-state index in [-0.39, 0.29) is 5.56 Å². The number of benzene rings is 2. The van der Waals surface area contributed by atoms with Gasteiger partial charge in [0.2, 0.25) is 0 Å². The van der Waals surface area contributed by atoms with E-state index in [0.717, 1.165) is 27.3 Å². The molecule has 2 aromatic carbocycles. The number of thiophene rings is 1. The number of fused-ring (bicyclic) bond motifs is 1. The van der Waals surface area contributed by atoms with Crippen molar-refractivity contribution < 1.29 is 0 Å². The van der Waals surface area contributed by atoms with Crippen LogP contribution in [-0.4, -0.2) is 14.5 Å². The Morgan fingerprint density at radius 1 is 0.938 bits per heavy atom. The fourth-order valence-electron chi connectivity index (χ4n) is 3.41. The second-order valence-corrected chi connectivity index (χ2v) is 9.84. The molecular weight excluding hydrogens is 458 g/mol. The highest BCUT2D eigenvalue weighted by Crippen LogP contribution is 2.33. The first-order valence-electron chi connectivity index (χ1n) is 10.0. The van der Waals surface area contributed by atoms with Crippen molar-refractivity contribution in [2.24, 2.45) is 0 Å². The van der Waals surface area contributed by atoms with Crippen LogP contribution in [0.5, 0.6) is 0 Å². The minimum atomic E-state index is -0.187. The van der Waals surface area contributed by atoms with Crippen molar-refractivity contribution in [3.63, 3.8) is 0 Å². The largest absolute Gasteiger partial charge is 0.326 e. The zero-order chi connectivity index (χ0) is 21.9. The van der Waals surface area contributed by atoms with Gasteiger partial charge in [-0.2, -0.15) is 4.98 Å². The van der Waals surface area contributed by atoms with E-state index in [2.05, 4.69) is 40.3 Å². The molecule has 0 fully saturated rings. The topological polar surface area (TPSA) is 47.8 Å². The molecule has 0 N–H and O–H groups in total. The number of nitrogens with zero attached hydrogens (tertiary/aromatic N) is 3. The maximum absolute atomic E-state index is 12.4. The monoisotopic (exact) mass is 475 g/mol. The standard InChI is InChI=1S/C25H18ClN3OS2/c26-20-5-1-17(2-6-20)14-29-16-28-25(30)24-22(29)13-23(32-24)19-3-7-21(8-4-19)31-15-18-9-11-27-12-10-18/h1-13,16H,14-15H2. The number of hydrogen-bond donors (Lipinski definition) is 0. The molecule has 0 saturated carbocycles. The van der Waals surface area contributed by atoms with E-state index in [1.807, 2.05) is 53.4 Å². The van der Waals surface area contributed by atoms with Gasteiger partial charge in [-0.3, -0.25) is 9.78 Å². The highest BCUT2D eigenvalue weighted by Gasteiger charge is 2.11. The Bertz CT molecular complexity index is 1410. The van der Waals surface area contributed by atoms with Crippen molar-refractivity contribution in [1.82, 2.24) is 14.5 Å². The quantitative estimate of drug-likeness (QED) is 0.262. The minimum Gasteiger partial charge on any atom is -0.326 e. The summed E-state index contributed by atoms with van der Waals surface area (Å²) in [6, 6.07) is 22.4. The Hall–Kier alpha value is -2.93. The van der Waals surface area contributed by atoms with Crippen molar-refractivity contribution in [3.05, 3.63) is 112 Å². The molecule has 0 unspecified atom stereocenters. The molecule has 5 aromatic rings. The highest BCUT2D eigenvalue weighted by molar-refractivity contribution is 7.98. The molecule has 0 aliphatic heterocycles. The number of aromatic nitrogens is 3. The third-order valence-corrected chi connectivity index (χ3v) is 7.59. The SMILES string of the molecule is O=c1ncn(Cc2ccc(Cl)cc2)c2cc(-c3ccc(SCc4ccncc4)cc3)sc12. The van der Waals surface area contributed by atoms with Crippen molar-refractivity contribution in [1.29, 1.82) is 0 Å². The summed E-state index contributed by atoms with van der Waals surface area (Å²) >= 11 is 9.28. The lowest BCUT2D eigenvalue weighted by Crippen LogP contribution is -2.11. The average molecular weight is 476 g/mol. The second-order valence-electron chi connectivity index (χ2n) is 7.30. The van der Waals surface area contributed by atoms with Crippen LogP contribution in [0, 0.1) is 0 Å². The Morgan fingerprint density at radius 3 is 2.44 bits per heavy atom. The Kier molecular flexibility index (Phi) is 6.08. The summed E-state index contributed by atoms with van der Waals surface area (Å²) in [6.45, 7) is 0.627. The van der Waals surface area contributed by atoms with E-state index >= 15 is 0 Å². The van der Waals surface area contributed by atoms with Gasteiger partial charge in [0, 0.05) is 39.5 Å². The van der Waals surface area contributed by atoms with Gasteiger partial charge in [-0.1, -0.05) is 35.9 Å². The number of rotatable bonds is 6. The summed E-state index contributed by atoms with van der Waals surface area (Å²) in [6.07, 6.45) is 5.26. The normalized spacial score (nSPS) is 11.2. The van der Waals surface area contributed by atoms with Gasteiger partial charge in [0.1, 0.15) is 4.70 Å². The molecule has 0 spiro atoms.